The summed E-state index contributed by atoms with van der Waals surface area (Å²) < 4.78 is 41.1. The number of aliphatic imine (C=N–C) groups is 1. The third-order valence-electron chi connectivity index (χ3n) is 5.82. The van der Waals surface area contributed by atoms with Gasteiger partial charge < -0.3 is 5.32 Å². The van der Waals surface area contributed by atoms with Crippen molar-refractivity contribution in [3.05, 3.63) is 99.8 Å². The van der Waals surface area contributed by atoms with Gasteiger partial charge in [0.05, 0.1) is 11.8 Å². The van der Waals surface area contributed by atoms with Gasteiger partial charge in [-0.05, 0) is 47.5 Å². The van der Waals surface area contributed by atoms with Crippen molar-refractivity contribution in [3.8, 4) is 0 Å². The Kier molecular flexibility index (Phi) is 7.16. The molecule has 3 aromatic rings. The molecule has 0 fully saturated rings. The summed E-state index contributed by atoms with van der Waals surface area (Å²) in [4.78, 5) is 29.3. The quantitative estimate of drug-likeness (QED) is 0.395. The number of rotatable bonds is 5. The van der Waals surface area contributed by atoms with E-state index in [1.54, 1.807) is 17.1 Å². The van der Waals surface area contributed by atoms with Crippen LogP contribution in [0.25, 0.3) is 0 Å². The first-order chi connectivity index (χ1) is 17.8. The molecule has 0 saturated carbocycles. The lowest BCUT2D eigenvalue weighted by Crippen LogP contribution is -2.25. The van der Waals surface area contributed by atoms with Gasteiger partial charge >= 0.3 is 0 Å². The molecule has 11 heteroatoms. The van der Waals surface area contributed by atoms with Gasteiger partial charge in [0.25, 0.3) is 5.91 Å². The van der Waals surface area contributed by atoms with Crippen molar-refractivity contribution in [2.75, 3.05) is 5.32 Å². The minimum Gasteiger partial charge on any atom is -0.326 e. The predicted molar refractivity (Wildman–Crippen MR) is 140 cm³/mol. The molecule has 2 heterocycles. The van der Waals surface area contributed by atoms with Crippen LogP contribution >= 0.6 is 27.7 Å². The first kappa shape index (κ1) is 25.2. The molecule has 0 bridgehead atoms. The third kappa shape index (κ3) is 5.62. The molecule has 3 aromatic carbocycles. The molecule has 0 aliphatic carbocycles. The third-order valence-corrected chi connectivity index (χ3v) is 7.46. The topological polar surface area (TPSA) is 74.1 Å². The molecule has 2 amide bonds. The van der Waals surface area contributed by atoms with E-state index in [-0.39, 0.29) is 24.0 Å². The van der Waals surface area contributed by atoms with Crippen molar-refractivity contribution in [3.63, 3.8) is 0 Å². The van der Waals surface area contributed by atoms with Crippen LogP contribution in [0.3, 0.4) is 0 Å². The Hall–Kier alpha value is -3.44. The summed E-state index contributed by atoms with van der Waals surface area (Å²) in [6, 6.07) is 16.4. The number of amidine groups is 1. The Bertz CT molecular complexity index is 1450. The zero-order chi connectivity index (χ0) is 26.1. The van der Waals surface area contributed by atoms with Crippen molar-refractivity contribution < 1.29 is 22.8 Å². The highest BCUT2D eigenvalue weighted by molar-refractivity contribution is 9.10. The molecule has 6 nitrogen and oxygen atoms in total. The lowest BCUT2D eigenvalue weighted by molar-refractivity contribution is -0.121. The van der Waals surface area contributed by atoms with E-state index < -0.39 is 28.7 Å². The number of benzene rings is 3. The zero-order valence-electron chi connectivity index (χ0n) is 19.0. The number of nitrogens with one attached hydrogen (secondary N) is 1. The Morgan fingerprint density at radius 3 is 2.57 bits per heavy atom. The van der Waals surface area contributed by atoms with Crippen LogP contribution in [0.2, 0.25) is 0 Å². The van der Waals surface area contributed by atoms with E-state index in [2.05, 4.69) is 26.2 Å². The number of hydrogen-bond acceptors (Lipinski definition) is 5. The highest BCUT2D eigenvalue weighted by atomic mass is 79.9. The Morgan fingerprint density at radius 2 is 1.84 bits per heavy atom. The Balaban J connectivity index is 1.35. The highest BCUT2D eigenvalue weighted by Crippen LogP contribution is 2.39. The van der Waals surface area contributed by atoms with Crippen LogP contribution in [0, 0.1) is 17.5 Å². The molecule has 2 aliphatic heterocycles. The molecule has 2 atom stereocenters. The summed E-state index contributed by atoms with van der Waals surface area (Å²) in [6.45, 7) is 0. The standard InChI is InChI=1S/C26H18BrF3N4O2S/c27-16-3-1-2-15(10-16)21-12-22(14-4-6-17(28)7-5-14)34(33-21)26-32-25(36)23(37-26)13-24(35)31-18-8-9-19(29)20(30)11-18/h1-11,22-23H,12-13H2,(H,31,35)/t22-,23-/m1/s1. The maximum absolute atomic E-state index is 13.6. The van der Waals surface area contributed by atoms with Crippen molar-refractivity contribution in [1.82, 2.24) is 5.01 Å². The van der Waals surface area contributed by atoms with E-state index in [4.69, 9.17) is 5.10 Å². The Labute approximate surface area is 222 Å². The average Bonchev–Trinajstić information content (AvgIpc) is 3.46. The SMILES string of the molecule is O=C(C[C@H]1SC(N2N=C(c3cccc(Br)c3)C[C@@H]2c2ccc(F)cc2)=NC1=O)Nc1ccc(F)c(F)c1. The highest BCUT2D eigenvalue weighted by Gasteiger charge is 2.39. The lowest BCUT2D eigenvalue weighted by atomic mass is 9.98. The molecule has 1 N–H and O–H groups in total. The molecule has 0 spiro atoms. The van der Waals surface area contributed by atoms with E-state index in [9.17, 15) is 22.8 Å². The monoisotopic (exact) mass is 586 g/mol. The summed E-state index contributed by atoms with van der Waals surface area (Å²) >= 11 is 4.57. The zero-order valence-corrected chi connectivity index (χ0v) is 21.4. The average molecular weight is 587 g/mol. The van der Waals surface area contributed by atoms with Crippen LogP contribution in [0.5, 0.6) is 0 Å². The van der Waals surface area contributed by atoms with Crippen molar-refractivity contribution in [2.45, 2.75) is 24.1 Å². The van der Waals surface area contributed by atoms with Gasteiger partial charge in [-0.1, -0.05) is 52.0 Å². The van der Waals surface area contributed by atoms with Gasteiger partial charge in [0, 0.05) is 29.1 Å². The molecule has 2 aliphatic rings. The van der Waals surface area contributed by atoms with Crippen LogP contribution < -0.4 is 5.32 Å². The molecule has 37 heavy (non-hydrogen) atoms. The second-order valence-electron chi connectivity index (χ2n) is 8.39. The van der Waals surface area contributed by atoms with E-state index in [1.165, 1.54) is 18.2 Å². The molecule has 0 unspecified atom stereocenters. The molecule has 0 radical (unpaired) electrons. The summed E-state index contributed by atoms with van der Waals surface area (Å²) in [5, 5.41) is 8.38. The van der Waals surface area contributed by atoms with Crippen LogP contribution in [0.15, 0.2) is 81.3 Å². The van der Waals surface area contributed by atoms with Gasteiger partial charge in [-0.2, -0.15) is 10.1 Å². The van der Waals surface area contributed by atoms with Crippen molar-refractivity contribution in [1.29, 1.82) is 0 Å². The smallest absolute Gasteiger partial charge is 0.262 e. The summed E-state index contributed by atoms with van der Waals surface area (Å²) in [7, 11) is 0. The summed E-state index contributed by atoms with van der Waals surface area (Å²) in [6.07, 6.45) is 0.282. The fourth-order valence-electron chi connectivity index (χ4n) is 4.03. The van der Waals surface area contributed by atoms with Crippen molar-refractivity contribution in [2.24, 2.45) is 10.1 Å². The number of hydrogen-bond donors (Lipinski definition) is 1. The van der Waals surface area contributed by atoms with Crippen LogP contribution in [0.4, 0.5) is 18.9 Å². The first-order valence-electron chi connectivity index (χ1n) is 11.2. The van der Waals surface area contributed by atoms with E-state index in [0.717, 1.165) is 45.2 Å². The minimum absolute atomic E-state index is 0.0830. The number of nitrogens with zero attached hydrogens (tertiary/aromatic N) is 3. The van der Waals surface area contributed by atoms with Gasteiger partial charge in [-0.3, -0.25) is 9.59 Å². The van der Waals surface area contributed by atoms with Crippen LogP contribution in [-0.4, -0.2) is 33.0 Å². The predicted octanol–water partition coefficient (Wildman–Crippen LogP) is 6.04. The second-order valence-corrected chi connectivity index (χ2v) is 10.5. The van der Waals surface area contributed by atoms with E-state index in [1.807, 2.05) is 24.3 Å². The second kappa shape index (κ2) is 10.5. The number of hydrazone groups is 1. The number of thioether (sulfide) groups is 1. The van der Waals surface area contributed by atoms with E-state index >= 15 is 0 Å². The number of anilines is 1. The molecule has 5 rings (SSSR count). The fourth-order valence-corrected chi connectivity index (χ4v) is 5.49. The number of halogens is 4. The van der Waals surface area contributed by atoms with Crippen LogP contribution in [-0.2, 0) is 9.59 Å². The fraction of sp³-hybridized carbons (Fsp3) is 0.154. The molecule has 0 aromatic heterocycles. The summed E-state index contributed by atoms with van der Waals surface area (Å²) in [5.74, 6) is -3.51. The number of amides is 2. The van der Waals surface area contributed by atoms with Gasteiger partial charge in [-0.15, -0.1) is 0 Å². The normalized spacial score (nSPS) is 19.1. The lowest BCUT2D eigenvalue weighted by Gasteiger charge is -2.23. The van der Waals surface area contributed by atoms with E-state index in [0.29, 0.717) is 11.6 Å². The number of carbonyl (C=O) groups is 2. The van der Waals surface area contributed by atoms with Gasteiger partial charge in [0.15, 0.2) is 16.8 Å². The van der Waals surface area contributed by atoms with Crippen LogP contribution in [0.1, 0.15) is 30.0 Å². The maximum atomic E-state index is 13.6. The van der Waals surface area contributed by atoms with Gasteiger partial charge in [-0.25, -0.2) is 18.2 Å². The Morgan fingerprint density at radius 1 is 1.05 bits per heavy atom. The summed E-state index contributed by atoms with van der Waals surface area (Å²) in [5.41, 5.74) is 2.54. The minimum atomic E-state index is -1.09. The van der Waals surface area contributed by atoms with Gasteiger partial charge in [0.1, 0.15) is 11.1 Å². The largest absolute Gasteiger partial charge is 0.326 e. The molecule has 0 saturated heterocycles. The maximum Gasteiger partial charge on any atom is 0.262 e. The molecular weight excluding hydrogens is 569 g/mol. The molecule has 188 valence electrons. The molecular formula is C26H18BrF3N4O2S. The van der Waals surface area contributed by atoms with Crippen molar-refractivity contribution >= 4 is 56.1 Å². The first-order valence-corrected chi connectivity index (χ1v) is 12.9. The number of carbonyl (C=O) groups excluding carboxylic acids is 2. The van der Waals surface area contributed by atoms with Gasteiger partial charge in [0.2, 0.25) is 5.91 Å².